The number of benzene rings is 1. The van der Waals surface area contributed by atoms with Crippen LogP contribution in [0.3, 0.4) is 0 Å². The monoisotopic (exact) mass is 283 g/mol. The van der Waals surface area contributed by atoms with Crippen molar-refractivity contribution in [1.29, 1.82) is 0 Å². The van der Waals surface area contributed by atoms with E-state index in [2.05, 4.69) is 5.32 Å². The number of nitrogens with one attached hydrogen (secondary N) is 1. The van der Waals surface area contributed by atoms with E-state index in [1.165, 1.54) is 4.90 Å². The molecule has 0 bridgehead atoms. The van der Waals surface area contributed by atoms with E-state index < -0.39 is 0 Å². The Balaban J connectivity index is 1.97. The Labute approximate surface area is 115 Å². The third-order valence-corrected chi connectivity index (χ3v) is 3.01. The summed E-state index contributed by atoms with van der Waals surface area (Å²) in [4.78, 5) is 24.8. The first-order valence-corrected chi connectivity index (χ1v) is 6.14. The zero-order valence-corrected chi connectivity index (χ0v) is 10.9. The summed E-state index contributed by atoms with van der Waals surface area (Å²) in [5.74, 6) is -0.511. The van der Waals surface area contributed by atoms with Crippen molar-refractivity contribution >= 4 is 34.8 Å². The Hall–Kier alpha value is -1.79. The number of carbonyl (C=O) groups excluding carboxylic acids is 2. The number of morpholine rings is 1. The third-order valence-electron chi connectivity index (χ3n) is 2.68. The lowest BCUT2D eigenvalue weighted by Gasteiger charge is -2.26. The van der Waals surface area contributed by atoms with E-state index in [1.54, 1.807) is 18.2 Å². The molecular weight excluding hydrogens is 270 g/mol. The summed E-state index contributed by atoms with van der Waals surface area (Å²) < 4.78 is 4.99. The van der Waals surface area contributed by atoms with Gasteiger partial charge in [-0.05, 0) is 18.2 Å². The smallest absolute Gasteiger partial charge is 0.249 e. The van der Waals surface area contributed by atoms with Gasteiger partial charge in [0.1, 0.15) is 13.2 Å². The van der Waals surface area contributed by atoms with Crippen molar-refractivity contribution in [3.05, 3.63) is 23.2 Å². The number of ether oxygens (including phenoxy) is 1. The van der Waals surface area contributed by atoms with Gasteiger partial charge in [-0.2, -0.15) is 0 Å². The minimum Gasteiger partial charge on any atom is -0.399 e. The minimum atomic E-state index is -0.317. The highest BCUT2D eigenvalue weighted by molar-refractivity contribution is 6.33. The molecule has 1 aliphatic rings. The molecular formula is C12H14ClN3O3. The van der Waals surface area contributed by atoms with Crippen molar-refractivity contribution in [3.63, 3.8) is 0 Å². The van der Waals surface area contributed by atoms with Gasteiger partial charge in [0, 0.05) is 12.2 Å². The molecule has 0 unspecified atom stereocenters. The van der Waals surface area contributed by atoms with Gasteiger partial charge in [0.05, 0.1) is 17.3 Å². The predicted molar refractivity (Wildman–Crippen MR) is 71.9 cm³/mol. The fourth-order valence-corrected chi connectivity index (χ4v) is 1.88. The van der Waals surface area contributed by atoms with E-state index in [0.717, 1.165) is 0 Å². The van der Waals surface area contributed by atoms with Crippen LogP contribution in [-0.4, -0.2) is 43.0 Å². The summed E-state index contributed by atoms with van der Waals surface area (Å²) in [6, 6.07) is 4.82. The zero-order valence-electron chi connectivity index (χ0n) is 10.2. The van der Waals surface area contributed by atoms with Crippen LogP contribution in [0, 0.1) is 0 Å². The van der Waals surface area contributed by atoms with Gasteiger partial charge in [-0.25, -0.2) is 0 Å². The molecule has 3 N–H and O–H groups in total. The van der Waals surface area contributed by atoms with Crippen LogP contribution in [-0.2, 0) is 14.3 Å². The van der Waals surface area contributed by atoms with Crippen LogP contribution in [0.15, 0.2) is 18.2 Å². The van der Waals surface area contributed by atoms with Crippen LogP contribution in [0.5, 0.6) is 0 Å². The molecule has 0 aromatic heterocycles. The fraction of sp³-hybridized carbons (Fsp3) is 0.333. The Morgan fingerprint density at radius 1 is 1.53 bits per heavy atom. The van der Waals surface area contributed by atoms with E-state index in [-0.39, 0.29) is 25.0 Å². The topological polar surface area (TPSA) is 84.7 Å². The fourth-order valence-electron chi connectivity index (χ4n) is 1.72. The Morgan fingerprint density at radius 3 is 3.05 bits per heavy atom. The van der Waals surface area contributed by atoms with Gasteiger partial charge in [-0.3, -0.25) is 9.59 Å². The average molecular weight is 284 g/mol. The molecule has 6 nitrogen and oxygen atoms in total. The van der Waals surface area contributed by atoms with Gasteiger partial charge in [-0.15, -0.1) is 0 Å². The van der Waals surface area contributed by atoms with Crippen LogP contribution in [0.1, 0.15) is 0 Å². The number of hydrogen-bond donors (Lipinski definition) is 2. The molecule has 0 saturated carbocycles. The van der Waals surface area contributed by atoms with Gasteiger partial charge in [0.15, 0.2) is 0 Å². The lowest BCUT2D eigenvalue weighted by Crippen LogP contribution is -2.45. The van der Waals surface area contributed by atoms with Crippen molar-refractivity contribution in [2.45, 2.75) is 0 Å². The Bertz CT molecular complexity index is 507. The van der Waals surface area contributed by atoms with E-state index >= 15 is 0 Å². The van der Waals surface area contributed by atoms with Crippen molar-refractivity contribution in [3.8, 4) is 0 Å². The number of amides is 2. The number of nitrogens with two attached hydrogens (primary N) is 1. The van der Waals surface area contributed by atoms with Gasteiger partial charge in [0.2, 0.25) is 11.8 Å². The summed E-state index contributed by atoms with van der Waals surface area (Å²) in [6.07, 6.45) is 0. The number of rotatable bonds is 3. The van der Waals surface area contributed by atoms with Crippen molar-refractivity contribution in [2.24, 2.45) is 0 Å². The van der Waals surface area contributed by atoms with Gasteiger partial charge >= 0.3 is 0 Å². The summed E-state index contributed by atoms with van der Waals surface area (Å²) in [6.45, 7) is 0.856. The number of anilines is 2. The maximum absolute atomic E-state index is 11.8. The molecule has 2 amide bonds. The quantitative estimate of drug-likeness (QED) is 0.801. The molecule has 0 aliphatic carbocycles. The highest BCUT2D eigenvalue weighted by Gasteiger charge is 2.21. The molecule has 1 heterocycles. The first-order chi connectivity index (χ1) is 9.06. The first-order valence-electron chi connectivity index (χ1n) is 5.76. The first kappa shape index (κ1) is 13.6. The van der Waals surface area contributed by atoms with E-state index in [4.69, 9.17) is 22.1 Å². The highest BCUT2D eigenvalue weighted by Crippen LogP contribution is 2.23. The molecule has 19 heavy (non-hydrogen) atoms. The van der Waals surface area contributed by atoms with E-state index in [1.807, 2.05) is 0 Å². The molecule has 2 rings (SSSR count). The van der Waals surface area contributed by atoms with Crippen molar-refractivity contribution in [2.75, 3.05) is 37.4 Å². The van der Waals surface area contributed by atoms with Crippen LogP contribution in [0.25, 0.3) is 0 Å². The molecule has 102 valence electrons. The zero-order chi connectivity index (χ0) is 13.8. The van der Waals surface area contributed by atoms with Crippen LogP contribution in [0.2, 0.25) is 5.02 Å². The predicted octanol–water partition coefficient (Wildman–Crippen LogP) is 0.719. The molecule has 1 saturated heterocycles. The van der Waals surface area contributed by atoms with Crippen LogP contribution >= 0.6 is 11.6 Å². The molecule has 0 atom stereocenters. The summed E-state index contributed by atoms with van der Waals surface area (Å²) in [5.41, 5.74) is 6.56. The second kappa shape index (κ2) is 5.90. The lowest BCUT2D eigenvalue weighted by molar-refractivity contribution is -0.144. The molecule has 1 aromatic carbocycles. The number of halogens is 1. The van der Waals surface area contributed by atoms with Crippen molar-refractivity contribution < 1.29 is 14.3 Å². The standard InChI is InChI=1S/C12H14ClN3O3/c13-9-2-1-8(14)5-10(9)15-11(17)6-16-3-4-19-7-12(16)18/h1-2,5H,3-4,6-7,14H2,(H,15,17). The number of nitrogens with zero attached hydrogens (tertiary/aromatic N) is 1. The third kappa shape index (κ3) is 3.59. The lowest BCUT2D eigenvalue weighted by atomic mass is 10.2. The molecule has 0 spiro atoms. The summed E-state index contributed by atoms with van der Waals surface area (Å²) in [5, 5.41) is 3.03. The number of hydrogen-bond acceptors (Lipinski definition) is 4. The van der Waals surface area contributed by atoms with E-state index in [0.29, 0.717) is 29.5 Å². The number of carbonyl (C=O) groups is 2. The molecule has 1 fully saturated rings. The molecule has 0 radical (unpaired) electrons. The SMILES string of the molecule is Nc1ccc(Cl)c(NC(=O)CN2CCOCC2=O)c1. The van der Waals surface area contributed by atoms with Crippen molar-refractivity contribution in [1.82, 2.24) is 4.90 Å². The van der Waals surface area contributed by atoms with Gasteiger partial charge < -0.3 is 20.7 Å². The van der Waals surface area contributed by atoms with Crippen LogP contribution in [0.4, 0.5) is 11.4 Å². The minimum absolute atomic E-state index is 0.0202. The largest absolute Gasteiger partial charge is 0.399 e. The normalized spacial score (nSPS) is 15.4. The molecule has 7 heteroatoms. The second-order valence-corrected chi connectivity index (χ2v) is 4.56. The Morgan fingerprint density at radius 2 is 2.32 bits per heavy atom. The Kier molecular flexibility index (Phi) is 4.24. The van der Waals surface area contributed by atoms with Gasteiger partial charge in [-0.1, -0.05) is 11.6 Å². The van der Waals surface area contributed by atoms with Crippen LogP contribution < -0.4 is 11.1 Å². The summed E-state index contributed by atoms with van der Waals surface area (Å²) >= 11 is 5.94. The molecule has 1 aromatic rings. The van der Waals surface area contributed by atoms with E-state index in [9.17, 15) is 9.59 Å². The maximum atomic E-state index is 11.8. The second-order valence-electron chi connectivity index (χ2n) is 4.16. The maximum Gasteiger partial charge on any atom is 0.249 e. The molecule has 1 aliphatic heterocycles. The van der Waals surface area contributed by atoms with Gasteiger partial charge in [0.25, 0.3) is 0 Å². The average Bonchev–Trinajstić information content (AvgIpc) is 2.37. The number of nitrogen functional groups attached to an aromatic ring is 1. The highest BCUT2D eigenvalue weighted by atomic mass is 35.5. The summed E-state index contributed by atoms with van der Waals surface area (Å²) in [7, 11) is 0.